The van der Waals surface area contributed by atoms with Gasteiger partial charge in [-0.3, -0.25) is 4.57 Å². The molecule has 6 heteroatoms. The smallest absolute Gasteiger partial charge is 0.323 e. The van der Waals surface area contributed by atoms with Crippen LogP contribution in [0.3, 0.4) is 0 Å². The van der Waals surface area contributed by atoms with Crippen molar-refractivity contribution in [3.8, 4) is 0 Å². The molecule has 0 bridgehead atoms. The van der Waals surface area contributed by atoms with E-state index in [4.69, 9.17) is 15.5 Å². The van der Waals surface area contributed by atoms with E-state index >= 15 is 0 Å². The summed E-state index contributed by atoms with van der Waals surface area (Å²) in [5.74, 6) is 0. The highest BCUT2D eigenvalue weighted by Crippen LogP contribution is 2.49. The molecule has 5 N–H and O–H groups in total. The molecule has 1 rings (SSSR count). The molecule has 11 heavy (non-hydrogen) atoms. The van der Waals surface area contributed by atoms with Gasteiger partial charge < -0.3 is 20.8 Å². The zero-order valence-electron chi connectivity index (χ0n) is 6.16. The summed E-state index contributed by atoms with van der Waals surface area (Å²) >= 11 is 0. The minimum absolute atomic E-state index is 0.206. The Morgan fingerprint density at radius 1 is 1.55 bits per heavy atom. The van der Waals surface area contributed by atoms with Gasteiger partial charge in [-0.15, -0.1) is 0 Å². The van der Waals surface area contributed by atoms with Gasteiger partial charge in [0, 0.05) is 6.54 Å². The summed E-state index contributed by atoms with van der Waals surface area (Å²) in [6.45, 7) is 0.996. The molecule has 1 fully saturated rings. The monoisotopic (exact) mass is 180 g/mol. The van der Waals surface area contributed by atoms with Crippen LogP contribution in [-0.2, 0) is 4.57 Å². The molecule has 1 aliphatic rings. The van der Waals surface area contributed by atoms with Crippen molar-refractivity contribution in [3.63, 3.8) is 0 Å². The van der Waals surface area contributed by atoms with Crippen LogP contribution in [0.2, 0.25) is 0 Å². The molecule has 0 radical (unpaired) electrons. The number of nitrogens with one attached hydrogen (secondary N) is 1. The fourth-order valence-electron chi connectivity index (χ4n) is 1.16. The van der Waals surface area contributed by atoms with Crippen LogP contribution >= 0.6 is 7.60 Å². The molecule has 0 aliphatic carbocycles. The van der Waals surface area contributed by atoms with E-state index in [2.05, 4.69) is 5.32 Å². The molecule has 66 valence electrons. The van der Waals surface area contributed by atoms with Gasteiger partial charge in [-0.1, -0.05) is 0 Å². The molecule has 1 saturated heterocycles. The van der Waals surface area contributed by atoms with Crippen molar-refractivity contribution in [2.24, 2.45) is 5.73 Å². The molecular weight excluding hydrogens is 167 g/mol. The summed E-state index contributed by atoms with van der Waals surface area (Å²) in [5.41, 5.74) is 5.51. The summed E-state index contributed by atoms with van der Waals surface area (Å²) in [6.07, 6.45) is 1.12. The lowest BCUT2D eigenvalue weighted by Gasteiger charge is -2.33. The topological polar surface area (TPSA) is 95.6 Å². The first-order valence-electron chi connectivity index (χ1n) is 3.51. The molecule has 0 saturated carbocycles. The molecule has 0 aromatic heterocycles. The van der Waals surface area contributed by atoms with Gasteiger partial charge in [0.2, 0.25) is 0 Å². The fraction of sp³-hybridized carbons (Fsp3) is 1.00. The minimum Gasteiger partial charge on any atom is -0.323 e. The van der Waals surface area contributed by atoms with E-state index in [1.807, 2.05) is 0 Å². The quantitative estimate of drug-likeness (QED) is 0.396. The van der Waals surface area contributed by atoms with Crippen LogP contribution in [-0.4, -0.2) is 28.2 Å². The first kappa shape index (κ1) is 9.16. The predicted octanol–water partition coefficient (Wildman–Crippen LogP) is -0.798. The number of hydrogen-bond acceptors (Lipinski definition) is 3. The first-order chi connectivity index (χ1) is 4.96. The Morgan fingerprint density at radius 2 is 2.18 bits per heavy atom. The van der Waals surface area contributed by atoms with Gasteiger partial charge in [0.25, 0.3) is 0 Å². The number of nitrogens with two attached hydrogens (primary N) is 1. The Balaban J connectivity index is 2.72. The maximum Gasteiger partial charge on any atom is 0.346 e. The Bertz CT molecular complexity index is 184. The average Bonchev–Trinajstić information content (AvgIpc) is 1.87. The fourth-order valence-corrected chi connectivity index (χ4v) is 1.93. The summed E-state index contributed by atoms with van der Waals surface area (Å²) in [7, 11) is -4.14. The summed E-state index contributed by atoms with van der Waals surface area (Å²) in [5, 5.41) is 1.54. The van der Waals surface area contributed by atoms with E-state index in [0.717, 1.165) is 13.0 Å². The Labute approximate surface area is 65.1 Å². The molecule has 0 aromatic rings. The molecule has 0 unspecified atom stereocenters. The van der Waals surface area contributed by atoms with E-state index in [9.17, 15) is 4.57 Å². The van der Waals surface area contributed by atoms with Crippen molar-refractivity contribution in [2.75, 3.05) is 13.1 Å². The van der Waals surface area contributed by atoms with Crippen LogP contribution in [0.4, 0.5) is 0 Å². The molecule has 5 nitrogen and oxygen atoms in total. The van der Waals surface area contributed by atoms with Crippen molar-refractivity contribution in [1.29, 1.82) is 0 Å². The molecule has 0 aromatic carbocycles. The lowest BCUT2D eigenvalue weighted by atomic mass is 10.1. The van der Waals surface area contributed by atoms with E-state index in [1.54, 1.807) is 0 Å². The first-order valence-corrected chi connectivity index (χ1v) is 5.12. The third-order valence-electron chi connectivity index (χ3n) is 1.97. The van der Waals surface area contributed by atoms with Crippen LogP contribution in [0, 0.1) is 0 Å². The van der Waals surface area contributed by atoms with Crippen LogP contribution in [0.1, 0.15) is 12.8 Å². The highest BCUT2D eigenvalue weighted by atomic mass is 31.2. The van der Waals surface area contributed by atoms with Crippen molar-refractivity contribution in [2.45, 2.75) is 18.1 Å². The van der Waals surface area contributed by atoms with Gasteiger partial charge in [-0.25, -0.2) is 0 Å². The predicted molar refractivity (Wildman–Crippen MR) is 41.1 cm³/mol. The summed E-state index contributed by atoms with van der Waals surface area (Å²) < 4.78 is 10.8. The van der Waals surface area contributed by atoms with Crippen molar-refractivity contribution >= 4 is 7.60 Å². The molecule has 1 aliphatic heterocycles. The van der Waals surface area contributed by atoms with Crippen molar-refractivity contribution in [3.05, 3.63) is 0 Å². The maximum absolute atomic E-state index is 10.8. The minimum atomic E-state index is -4.14. The van der Waals surface area contributed by atoms with Crippen LogP contribution in [0.15, 0.2) is 0 Å². The van der Waals surface area contributed by atoms with E-state index < -0.39 is 12.9 Å². The van der Waals surface area contributed by atoms with Crippen LogP contribution < -0.4 is 11.1 Å². The van der Waals surface area contributed by atoms with Crippen molar-refractivity contribution in [1.82, 2.24) is 5.32 Å². The highest BCUT2D eigenvalue weighted by molar-refractivity contribution is 7.53. The molecule has 1 atom stereocenters. The van der Waals surface area contributed by atoms with Gasteiger partial charge in [-0.2, -0.15) is 0 Å². The normalized spacial score (nSPS) is 33.7. The largest absolute Gasteiger partial charge is 0.346 e. The maximum atomic E-state index is 10.8. The number of piperidine rings is 1. The van der Waals surface area contributed by atoms with Gasteiger partial charge in [0.15, 0.2) is 0 Å². The Morgan fingerprint density at radius 3 is 2.45 bits per heavy atom. The zero-order valence-corrected chi connectivity index (χ0v) is 7.05. The molecular formula is C5H13N2O3P. The van der Waals surface area contributed by atoms with E-state index in [-0.39, 0.29) is 6.54 Å². The lowest BCUT2D eigenvalue weighted by Crippen LogP contribution is -2.52. The Kier molecular flexibility index (Phi) is 2.37. The highest BCUT2D eigenvalue weighted by Gasteiger charge is 2.43. The average molecular weight is 180 g/mol. The third-order valence-corrected chi connectivity index (χ3v) is 3.52. The van der Waals surface area contributed by atoms with E-state index in [1.165, 1.54) is 0 Å². The van der Waals surface area contributed by atoms with Crippen molar-refractivity contribution < 1.29 is 14.4 Å². The second-order valence-electron chi connectivity index (χ2n) is 2.93. The number of rotatable bonds is 1. The van der Waals surface area contributed by atoms with Gasteiger partial charge in [0.05, 0.1) is 0 Å². The molecule has 0 spiro atoms. The summed E-state index contributed by atoms with van der Waals surface area (Å²) in [6, 6.07) is 0. The standard InChI is InChI=1S/C5H13N2O3P/c6-5(11(8,9)10)2-1-3-7-4-5/h7H,1-4,6H2,(H2,8,9,10)/t5-/m1/s1. The van der Waals surface area contributed by atoms with Gasteiger partial charge >= 0.3 is 7.60 Å². The number of hydrogen-bond donors (Lipinski definition) is 4. The lowest BCUT2D eigenvalue weighted by molar-refractivity contribution is 0.292. The van der Waals surface area contributed by atoms with E-state index in [0.29, 0.717) is 6.42 Å². The van der Waals surface area contributed by atoms with Crippen LogP contribution in [0.5, 0.6) is 0 Å². The van der Waals surface area contributed by atoms with Gasteiger partial charge in [0.1, 0.15) is 5.28 Å². The Hall–Kier alpha value is 0.0700. The SMILES string of the molecule is N[C@@]1(P(=O)(O)O)CCCNC1. The molecule has 0 amide bonds. The van der Waals surface area contributed by atoms with Gasteiger partial charge in [-0.05, 0) is 19.4 Å². The third kappa shape index (κ3) is 1.80. The zero-order chi connectivity index (χ0) is 8.54. The second-order valence-corrected chi connectivity index (χ2v) is 4.91. The molecule has 1 heterocycles. The summed E-state index contributed by atoms with van der Waals surface area (Å²) in [4.78, 5) is 17.7. The second kappa shape index (κ2) is 2.84. The van der Waals surface area contributed by atoms with Crippen LogP contribution in [0.25, 0.3) is 0 Å².